The van der Waals surface area contributed by atoms with E-state index < -0.39 is 0 Å². The van der Waals surface area contributed by atoms with Gasteiger partial charge in [-0.3, -0.25) is 0 Å². The maximum absolute atomic E-state index is 3.78. The highest BCUT2D eigenvalue weighted by Crippen LogP contribution is 2.36. The number of rotatable bonds is 6. The Labute approximate surface area is 119 Å². The second-order valence-electron chi connectivity index (χ2n) is 5.56. The molecule has 1 aliphatic carbocycles. The summed E-state index contributed by atoms with van der Waals surface area (Å²) in [5.41, 5.74) is 2.75. The standard InChI is InChI=1S/C12H14.C7H16/c1-2-10-5-3-8-12(9-10)11-6-4-7-11;1-3-5-7-6-4-2/h2-3,5,8-9,11H,1,4,6-7H2;3-7H2,1-2H3. The molecule has 1 fully saturated rings. The lowest BCUT2D eigenvalue weighted by Crippen LogP contribution is -2.08. The molecule has 1 aliphatic rings. The third-order valence-corrected chi connectivity index (χ3v) is 3.93. The number of unbranched alkanes of at least 4 members (excludes halogenated alkanes) is 4. The molecule has 0 unspecified atom stereocenters. The maximum Gasteiger partial charge on any atom is -0.0162 e. The molecule has 1 aromatic carbocycles. The summed E-state index contributed by atoms with van der Waals surface area (Å²) in [6.07, 6.45) is 13.1. The van der Waals surface area contributed by atoms with Crippen molar-refractivity contribution in [3.05, 3.63) is 42.0 Å². The van der Waals surface area contributed by atoms with Crippen LogP contribution in [-0.2, 0) is 0 Å². The van der Waals surface area contributed by atoms with Crippen LogP contribution in [0.25, 0.3) is 6.08 Å². The van der Waals surface area contributed by atoms with Gasteiger partial charge in [-0.15, -0.1) is 0 Å². The van der Waals surface area contributed by atoms with Gasteiger partial charge in [0.1, 0.15) is 0 Å². The zero-order valence-electron chi connectivity index (χ0n) is 12.8. The molecule has 0 N–H and O–H groups in total. The molecule has 0 amide bonds. The van der Waals surface area contributed by atoms with Gasteiger partial charge in [0.2, 0.25) is 0 Å². The smallest absolute Gasteiger partial charge is 0.0162 e. The summed E-state index contributed by atoms with van der Waals surface area (Å²) in [5, 5.41) is 0. The Balaban J connectivity index is 0.000000224. The first-order valence-electron chi connectivity index (χ1n) is 8.04. The molecular formula is C19H30. The maximum atomic E-state index is 3.78. The van der Waals surface area contributed by atoms with Crippen LogP contribution in [0.4, 0.5) is 0 Å². The van der Waals surface area contributed by atoms with Crippen molar-refractivity contribution < 1.29 is 0 Å². The first-order valence-corrected chi connectivity index (χ1v) is 8.04. The van der Waals surface area contributed by atoms with Crippen LogP contribution in [0.3, 0.4) is 0 Å². The van der Waals surface area contributed by atoms with E-state index in [1.54, 1.807) is 0 Å². The van der Waals surface area contributed by atoms with Gasteiger partial charge in [0.25, 0.3) is 0 Å². The van der Waals surface area contributed by atoms with Crippen molar-refractivity contribution in [2.75, 3.05) is 0 Å². The summed E-state index contributed by atoms with van der Waals surface area (Å²) in [6, 6.07) is 8.73. The van der Waals surface area contributed by atoms with E-state index in [4.69, 9.17) is 0 Å². The van der Waals surface area contributed by atoms with Crippen molar-refractivity contribution >= 4 is 6.08 Å². The summed E-state index contributed by atoms with van der Waals surface area (Å²) in [7, 11) is 0. The second-order valence-corrected chi connectivity index (χ2v) is 5.56. The number of benzene rings is 1. The van der Waals surface area contributed by atoms with Gasteiger partial charge in [-0.2, -0.15) is 0 Å². The van der Waals surface area contributed by atoms with E-state index in [0.29, 0.717) is 0 Å². The van der Waals surface area contributed by atoms with Crippen LogP contribution < -0.4 is 0 Å². The van der Waals surface area contributed by atoms with Gasteiger partial charge >= 0.3 is 0 Å². The molecule has 106 valence electrons. The largest absolute Gasteiger partial charge is 0.0985 e. The number of hydrogen-bond acceptors (Lipinski definition) is 0. The molecule has 0 bridgehead atoms. The van der Waals surface area contributed by atoms with E-state index in [-0.39, 0.29) is 0 Å². The minimum Gasteiger partial charge on any atom is -0.0985 e. The molecule has 0 heteroatoms. The van der Waals surface area contributed by atoms with Crippen LogP contribution in [0, 0.1) is 0 Å². The Hall–Kier alpha value is -1.04. The normalized spacial score (nSPS) is 14.2. The molecule has 0 atom stereocenters. The Morgan fingerprint density at radius 2 is 1.79 bits per heavy atom. The van der Waals surface area contributed by atoms with E-state index in [1.165, 1.54) is 62.5 Å². The van der Waals surface area contributed by atoms with Crippen molar-refractivity contribution in [2.24, 2.45) is 0 Å². The third-order valence-electron chi connectivity index (χ3n) is 3.93. The predicted molar refractivity (Wildman–Crippen MR) is 87.6 cm³/mol. The predicted octanol–water partition coefficient (Wildman–Crippen LogP) is 6.57. The summed E-state index contributed by atoms with van der Waals surface area (Å²) >= 11 is 0. The van der Waals surface area contributed by atoms with Gasteiger partial charge in [-0.25, -0.2) is 0 Å². The third kappa shape index (κ3) is 6.09. The summed E-state index contributed by atoms with van der Waals surface area (Å²) < 4.78 is 0. The first-order chi connectivity index (χ1) is 9.31. The van der Waals surface area contributed by atoms with Crippen LogP contribution in [0.2, 0.25) is 0 Å². The van der Waals surface area contributed by atoms with Gasteiger partial charge in [0.15, 0.2) is 0 Å². The van der Waals surface area contributed by atoms with E-state index in [1.807, 2.05) is 6.08 Å². The molecule has 0 spiro atoms. The SMILES string of the molecule is C=Cc1cccc(C2CCC2)c1.CCCCCCC. The molecule has 0 aromatic heterocycles. The van der Waals surface area contributed by atoms with E-state index >= 15 is 0 Å². The molecule has 0 aliphatic heterocycles. The quantitative estimate of drug-likeness (QED) is 0.506. The summed E-state index contributed by atoms with van der Waals surface area (Å²) in [6.45, 7) is 8.27. The highest BCUT2D eigenvalue weighted by Gasteiger charge is 2.18. The summed E-state index contributed by atoms with van der Waals surface area (Å²) in [4.78, 5) is 0. The molecule has 1 saturated carbocycles. The zero-order valence-corrected chi connectivity index (χ0v) is 12.8. The minimum absolute atomic E-state index is 0.838. The van der Waals surface area contributed by atoms with Crippen LogP contribution >= 0.6 is 0 Å². The van der Waals surface area contributed by atoms with Crippen LogP contribution in [-0.4, -0.2) is 0 Å². The Kier molecular flexibility index (Phi) is 8.29. The molecule has 1 aromatic rings. The van der Waals surface area contributed by atoms with Gasteiger partial charge in [-0.05, 0) is 29.9 Å². The first kappa shape index (κ1) is 16.0. The molecule has 0 radical (unpaired) electrons. The van der Waals surface area contributed by atoms with Crippen LogP contribution in [0.15, 0.2) is 30.8 Å². The lowest BCUT2D eigenvalue weighted by Gasteiger charge is -2.25. The van der Waals surface area contributed by atoms with Crippen molar-refractivity contribution in [3.63, 3.8) is 0 Å². The van der Waals surface area contributed by atoms with Gasteiger partial charge in [0, 0.05) is 0 Å². The van der Waals surface area contributed by atoms with Gasteiger partial charge < -0.3 is 0 Å². The Bertz CT molecular complexity index is 343. The second kappa shape index (κ2) is 9.83. The average Bonchev–Trinajstić information content (AvgIpc) is 2.38. The minimum atomic E-state index is 0.838. The van der Waals surface area contributed by atoms with Crippen LogP contribution in [0.1, 0.15) is 82.3 Å². The fourth-order valence-corrected chi connectivity index (χ4v) is 2.36. The zero-order chi connectivity index (χ0) is 13.9. The number of hydrogen-bond donors (Lipinski definition) is 0. The van der Waals surface area contributed by atoms with Gasteiger partial charge in [-0.1, -0.05) is 89.3 Å². The van der Waals surface area contributed by atoms with E-state index in [0.717, 1.165) is 5.92 Å². The van der Waals surface area contributed by atoms with E-state index in [2.05, 4.69) is 44.7 Å². The molecule has 0 saturated heterocycles. The monoisotopic (exact) mass is 258 g/mol. The van der Waals surface area contributed by atoms with E-state index in [9.17, 15) is 0 Å². The highest BCUT2D eigenvalue weighted by molar-refractivity contribution is 5.48. The molecule has 0 nitrogen and oxygen atoms in total. The topological polar surface area (TPSA) is 0 Å². The average molecular weight is 258 g/mol. The Morgan fingerprint density at radius 1 is 1.11 bits per heavy atom. The lowest BCUT2D eigenvalue weighted by atomic mass is 9.80. The van der Waals surface area contributed by atoms with Crippen molar-refractivity contribution in [2.45, 2.75) is 71.1 Å². The van der Waals surface area contributed by atoms with Crippen molar-refractivity contribution in [1.82, 2.24) is 0 Å². The fraction of sp³-hybridized carbons (Fsp3) is 0.579. The Morgan fingerprint density at radius 3 is 2.26 bits per heavy atom. The molecule has 0 heterocycles. The molecular weight excluding hydrogens is 228 g/mol. The molecule has 19 heavy (non-hydrogen) atoms. The summed E-state index contributed by atoms with van der Waals surface area (Å²) in [5.74, 6) is 0.838. The fourth-order valence-electron chi connectivity index (χ4n) is 2.36. The lowest BCUT2D eigenvalue weighted by molar-refractivity contribution is 0.420. The highest BCUT2D eigenvalue weighted by atomic mass is 14.2. The van der Waals surface area contributed by atoms with Crippen LogP contribution in [0.5, 0.6) is 0 Å². The van der Waals surface area contributed by atoms with Gasteiger partial charge in [0.05, 0.1) is 0 Å². The van der Waals surface area contributed by atoms with Crippen molar-refractivity contribution in [3.8, 4) is 0 Å². The molecule has 2 rings (SSSR count). The van der Waals surface area contributed by atoms with Crippen molar-refractivity contribution in [1.29, 1.82) is 0 Å².